The van der Waals surface area contributed by atoms with E-state index >= 15 is 0 Å². The molecule has 5 heteroatoms. The van der Waals surface area contributed by atoms with E-state index < -0.39 is 6.04 Å². The number of amides is 1. The normalized spacial score (nSPS) is 12.8. The summed E-state index contributed by atoms with van der Waals surface area (Å²) in [5, 5.41) is 5.56. The van der Waals surface area contributed by atoms with Gasteiger partial charge in [-0.15, -0.1) is 11.3 Å². The predicted octanol–water partition coefficient (Wildman–Crippen LogP) is 1.13. The van der Waals surface area contributed by atoms with Crippen LogP contribution in [-0.4, -0.2) is 16.9 Å². The van der Waals surface area contributed by atoms with Crippen molar-refractivity contribution in [2.75, 3.05) is 0 Å². The van der Waals surface area contributed by atoms with E-state index in [1.165, 1.54) is 11.3 Å². The largest absolute Gasteiger partial charge is 0.348 e. The van der Waals surface area contributed by atoms with Gasteiger partial charge in [-0.3, -0.25) is 4.79 Å². The third-order valence-corrected chi connectivity index (χ3v) is 2.74. The summed E-state index contributed by atoms with van der Waals surface area (Å²) in [4.78, 5) is 15.6. The third-order valence-electron chi connectivity index (χ3n) is 1.96. The minimum Gasteiger partial charge on any atom is -0.348 e. The molecule has 1 heterocycles. The monoisotopic (exact) mass is 227 g/mol. The highest BCUT2D eigenvalue weighted by Gasteiger charge is 2.14. The molecule has 4 nitrogen and oxygen atoms in total. The first-order valence-corrected chi connectivity index (χ1v) is 5.89. The van der Waals surface area contributed by atoms with Gasteiger partial charge in [-0.25, -0.2) is 4.98 Å². The van der Waals surface area contributed by atoms with Gasteiger partial charge in [0.05, 0.1) is 12.6 Å². The van der Waals surface area contributed by atoms with Crippen LogP contribution in [0.4, 0.5) is 0 Å². The summed E-state index contributed by atoms with van der Waals surface area (Å²) in [5.74, 6) is 0.338. The molecular formula is C10H17N3OS. The molecule has 3 N–H and O–H groups in total. The number of hydrogen-bond acceptors (Lipinski definition) is 4. The highest BCUT2D eigenvalue weighted by molar-refractivity contribution is 7.09. The molecule has 0 saturated carbocycles. The molecule has 0 aliphatic heterocycles. The van der Waals surface area contributed by atoms with Crippen LogP contribution in [0.1, 0.15) is 25.3 Å². The molecule has 0 aliphatic carbocycles. The number of carbonyl (C=O) groups is 1. The Bertz CT molecular complexity index is 298. The molecule has 0 bridgehead atoms. The van der Waals surface area contributed by atoms with Crippen LogP contribution in [0, 0.1) is 5.92 Å². The maximum Gasteiger partial charge on any atom is 0.237 e. The summed E-state index contributed by atoms with van der Waals surface area (Å²) in [7, 11) is 0. The van der Waals surface area contributed by atoms with Crippen LogP contribution < -0.4 is 11.1 Å². The van der Waals surface area contributed by atoms with Gasteiger partial charge in [-0.2, -0.15) is 0 Å². The van der Waals surface area contributed by atoms with E-state index in [9.17, 15) is 4.79 Å². The Morgan fingerprint density at radius 2 is 2.40 bits per heavy atom. The fraction of sp³-hybridized carbons (Fsp3) is 0.600. The van der Waals surface area contributed by atoms with Crippen molar-refractivity contribution in [1.82, 2.24) is 10.3 Å². The molecule has 1 atom stereocenters. The SMILES string of the molecule is CC(C)C[C@H](N)C(=O)NCc1nccs1. The van der Waals surface area contributed by atoms with E-state index in [-0.39, 0.29) is 5.91 Å². The first-order valence-electron chi connectivity index (χ1n) is 5.01. The van der Waals surface area contributed by atoms with E-state index in [0.717, 1.165) is 5.01 Å². The standard InChI is InChI=1S/C10H17N3OS/c1-7(2)5-8(11)10(14)13-6-9-12-3-4-15-9/h3-4,7-8H,5-6,11H2,1-2H3,(H,13,14)/t8-/m0/s1. The number of carbonyl (C=O) groups excluding carboxylic acids is 1. The highest BCUT2D eigenvalue weighted by Crippen LogP contribution is 2.05. The van der Waals surface area contributed by atoms with E-state index in [1.54, 1.807) is 6.20 Å². The molecule has 0 fully saturated rings. The van der Waals surface area contributed by atoms with Crippen molar-refractivity contribution in [2.45, 2.75) is 32.9 Å². The second-order valence-electron chi connectivity index (χ2n) is 3.88. The molecule has 1 aromatic heterocycles. The molecule has 0 spiro atoms. The van der Waals surface area contributed by atoms with Gasteiger partial charge in [-0.1, -0.05) is 13.8 Å². The quantitative estimate of drug-likeness (QED) is 0.792. The van der Waals surface area contributed by atoms with Gasteiger partial charge in [0.25, 0.3) is 0 Å². The highest BCUT2D eigenvalue weighted by atomic mass is 32.1. The van der Waals surface area contributed by atoms with E-state index in [0.29, 0.717) is 18.9 Å². The Morgan fingerprint density at radius 1 is 1.67 bits per heavy atom. The lowest BCUT2D eigenvalue weighted by atomic mass is 10.0. The maximum absolute atomic E-state index is 11.5. The Morgan fingerprint density at radius 3 is 2.93 bits per heavy atom. The van der Waals surface area contributed by atoms with Crippen molar-refractivity contribution < 1.29 is 4.79 Å². The minimum absolute atomic E-state index is 0.0982. The summed E-state index contributed by atoms with van der Waals surface area (Å²) in [6.07, 6.45) is 2.43. The van der Waals surface area contributed by atoms with Crippen LogP contribution in [0.15, 0.2) is 11.6 Å². The van der Waals surface area contributed by atoms with Gasteiger partial charge in [0, 0.05) is 11.6 Å². The minimum atomic E-state index is -0.412. The molecule has 1 amide bonds. The first kappa shape index (κ1) is 12.1. The zero-order chi connectivity index (χ0) is 11.3. The van der Waals surface area contributed by atoms with Crippen LogP contribution in [-0.2, 0) is 11.3 Å². The van der Waals surface area contributed by atoms with Crippen LogP contribution in [0.3, 0.4) is 0 Å². The van der Waals surface area contributed by atoms with Crippen molar-refractivity contribution in [2.24, 2.45) is 11.7 Å². The lowest BCUT2D eigenvalue weighted by Crippen LogP contribution is -2.40. The van der Waals surface area contributed by atoms with Gasteiger partial charge in [0.15, 0.2) is 0 Å². The van der Waals surface area contributed by atoms with Gasteiger partial charge in [-0.05, 0) is 12.3 Å². The van der Waals surface area contributed by atoms with Crippen molar-refractivity contribution in [3.8, 4) is 0 Å². The average molecular weight is 227 g/mol. The van der Waals surface area contributed by atoms with Gasteiger partial charge in [0.2, 0.25) is 5.91 Å². The Labute approximate surface area is 93.9 Å². The number of hydrogen-bond donors (Lipinski definition) is 2. The number of nitrogens with two attached hydrogens (primary N) is 1. The molecule has 1 rings (SSSR count). The van der Waals surface area contributed by atoms with E-state index in [1.807, 2.05) is 19.2 Å². The Kier molecular flexibility index (Phi) is 4.71. The van der Waals surface area contributed by atoms with Gasteiger partial charge >= 0.3 is 0 Å². The molecule has 0 unspecified atom stereocenters. The lowest BCUT2D eigenvalue weighted by Gasteiger charge is -2.13. The second kappa shape index (κ2) is 5.82. The zero-order valence-electron chi connectivity index (χ0n) is 9.06. The lowest BCUT2D eigenvalue weighted by molar-refractivity contribution is -0.122. The molecule has 15 heavy (non-hydrogen) atoms. The summed E-state index contributed by atoms with van der Waals surface area (Å²) < 4.78 is 0. The number of aromatic nitrogens is 1. The number of nitrogens with zero attached hydrogens (tertiary/aromatic N) is 1. The third kappa shape index (κ3) is 4.40. The summed E-state index contributed by atoms with van der Waals surface area (Å²) in [6, 6.07) is -0.412. The number of nitrogens with one attached hydrogen (secondary N) is 1. The number of thiazole rings is 1. The van der Waals surface area contributed by atoms with Crippen LogP contribution in [0.25, 0.3) is 0 Å². The Balaban J connectivity index is 2.29. The summed E-state index contributed by atoms with van der Waals surface area (Å²) >= 11 is 1.52. The Hall–Kier alpha value is -0.940. The van der Waals surface area contributed by atoms with Crippen LogP contribution in [0.5, 0.6) is 0 Å². The molecule has 0 saturated heterocycles. The van der Waals surface area contributed by atoms with E-state index in [2.05, 4.69) is 10.3 Å². The van der Waals surface area contributed by atoms with Crippen molar-refractivity contribution >= 4 is 17.2 Å². The molecule has 84 valence electrons. The molecular weight excluding hydrogens is 210 g/mol. The molecule has 0 aromatic carbocycles. The van der Waals surface area contributed by atoms with Crippen LogP contribution >= 0.6 is 11.3 Å². The second-order valence-corrected chi connectivity index (χ2v) is 4.86. The van der Waals surface area contributed by atoms with E-state index in [4.69, 9.17) is 5.73 Å². The van der Waals surface area contributed by atoms with Gasteiger partial charge in [0.1, 0.15) is 5.01 Å². The average Bonchev–Trinajstić information content (AvgIpc) is 2.65. The smallest absolute Gasteiger partial charge is 0.237 e. The maximum atomic E-state index is 11.5. The topological polar surface area (TPSA) is 68.0 Å². The van der Waals surface area contributed by atoms with Crippen molar-refractivity contribution in [3.05, 3.63) is 16.6 Å². The summed E-state index contributed by atoms with van der Waals surface area (Å²) in [5.41, 5.74) is 5.73. The fourth-order valence-electron chi connectivity index (χ4n) is 1.25. The molecule has 0 aliphatic rings. The van der Waals surface area contributed by atoms with Gasteiger partial charge < -0.3 is 11.1 Å². The first-order chi connectivity index (χ1) is 7.09. The van der Waals surface area contributed by atoms with Crippen molar-refractivity contribution in [1.29, 1.82) is 0 Å². The number of rotatable bonds is 5. The van der Waals surface area contributed by atoms with Crippen molar-refractivity contribution in [3.63, 3.8) is 0 Å². The molecule has 1 aromatic rings. The fourth-order valence-corrected chi connectivity index (χ4v) is 1.81. The van der Waals surface area contributed by atoms with Crippen LogP contribution in [0.2, 0.25) is 0 Å². The molecule has 0 radical (unpaired) electrons. The predicted molar refractivity (Wildman–Crippen MR) is 61.4 cm³/mol. The summed E-state index contributed by atoms with van der Waals surface area (Å²) in [6.45, 7) is 4.57. The zero-order valence-corrected chi connectivity index (χ0v) is 9.88.